The normalized spacial score (nSPS) is 27.4. The summed E-state index contributed by atoms with van der Waals surface area (Å²) in [6.45, 7) is 6.76. The highest BCUT2D eigenvalue weighted by Gasteiger charge is 2.47. The van der Waals surface area contributed by atoms with Crippen LogP contribution in [0.15, 0.2) is 24.5 Å². The smallest absolute Gasteiger partial charge is 0.140 e. The van der Waals surface area contributed by atoms with Gasteiger partial charge in [0.25, 0.3) is 0 Å². The fourth-order valence-corrected chi connectivity index (χ4v) is 6.41. The predicted molar refractivity (Wildman–Crippen MR) is 116 cm³/mol. The summed E-state index contributed by atoms with van der Waals surface area (Å²) in [5, 5.41) is 7.37. The van der Waals surface area contributed by atoms with Crippen molar-refractivity contribution in [2.75, 3.05) is 31.1 Å². The van der Waals surface area contributed by atoms with Gasteiger partial charge in [0, 0.05) is 34.9 Å². The minimum Gasteiger partial charge on any atom is -0.325 e. The largest absolute Gasteiger partial charge is 0.325 e. The van der Waals surface area contributed by atoms with Crippen LogP contribution < -0.4 is 15.5 Å². The molecule has 1 aromatic carbocycles. The number of aryl methyl sites for hydroxylation is 1. The van der Waals surface area contributed by atoms with Crippen LogP contribution in [0.25, 0.3) is 0 Å². The van der Waals surface area contributed by atoms with Gasteiger partial charge < -0.3 is 15.5 Å². The molecule has 2 aromatic rings. The Kier molecular flexibility index (Phi) is 4.17. The fourth-order valence-electron chi connectivity index (χ4n) is 6.41. The van der Waals surface area contributed by atoms with Gasteiger partial charge in [-0.3, -0.25) is 0 Å². The van der Waals surface area contributed by atoms with Crippen LogP contribution >= 0.6 is 0 Å². The maximum atomic E-state index is 4.87. The van der Waals surface area contributed by atoms with Crippen molar-refractivity contribution in [1.82, 2.24) is 20.6 Å². The lowest BCUT2D eigenvalue weighted by molar-refractivity contribution is 0.325. The molecule has 4 heterocycles. The summed E-state index contributed by atoms with van der Waals surface area (Å²) in [4.78, 5) is 12.1. The van der Waals surface area contributed by atoms with Gasteiger partial charge in [-0.15, -0.1) is 0 Å². The molecular formula is C24H31N5. The Balaban J connectivity index is 1.53. The molecule has 29 heavy (non-hydrogen) atoms. The first kappa shape index (κ1) is 17.8. The molecule has 4 aliphatic rings. The van der Waals surface area contributed by atoms with E-state index in [0.29, 0.717) is 12.0 Å². The lowest BCUT2D eigenvalue weighted by atomic mass is 9.72. The topological polar surface area (TPSA) is 53.1 Å². The minimum absolute atomic E-state index is 0.237. The number of aromatic nitrogens is 2. The molecule has 0 radical (unpaired) electrons. The lowest BCUT2D eigenvalue weighted by Crippen LogP contribution is -2.43. The van der Waals surface area contributed by atoms with E-state index in [-0.39, 0.29) is 5.41 Å². The SMILES string of the molecule is CC1CCc2ncnc(N3CC4(CCNCC4)c4c(C5CCCN5)cccc43)c21. The van der Waals surface area contributed by atoms with Crippen LogP contribution in [0.2, 0.25) is 0 Å². The molecule has 1 spiro atoms. The van der Waals surface area contributed by atoms with Gasteiger partial charge in [0.05, 0.1) is 0 Å². The average Bonchev–Trinajstić information content (AvgIpc) is 3.48. The van der Waals surface area contributed by atoms with Gasteiger partial charge in [0.1, 0.15) is 12.1 Å². The highest BCUT2D eigenvalue weighted by Crippen LogP contribution is 2.53. The van der Waals surface area contributed by atoms with Crippen molar-refractivity contribution in [3.05, 3.63) is 46.9 Å². The van der Waals surface area contributed by atoms with Gasteiger partial charge in [-0.05, 0) is 81.3 Å². The second-order valence-corrected chi connectivity index (χ2v) is 9.50. The van der Waals surface area contributed by atoms with E-state index in [1.54, 1.807) is 17.5 Å². The number of hydrogen-bond acceptors (Lipinski definition) is 5. The van der Waals surface area contributed by atoms with E-state index < -0.39 is 0 Å². The van der Waals surface area contributed by atoms with Crippen molar-refractivity contribution in [3.8, 4) is 0 Å². The second kappa shape index (κ2) is 6.78. The second-order valence-electron chi connectivity index (χ2n) is 9.50. The first-order valence-corrected chi connectivity index (χ1v) is 11.5. The molecule has 2 fully saturated rings. The molecule has 2 N–H and O–H groups in total. The van der Waals surface area contributed by atoms with E-state index in [4.69, 9.17) is 4.98 Å². The van der Waals surface area contributed by atoms with E-state index in [1.165, 1.54) is 54.9 Å². The Bertz CT molecular complexity index is 927. The third kappa shape index (κ3) is 2.67. The van der Waals surface area contributed by atoms with Gasteiger partial charge >= 0.3 is 0 Å². The minimum atomic E-state index is 0.237. The quantitative estimate of drug-likeness (QED) is 0.820. The van der Waals surface area contributed by atoms with Crippen molar-refractivity contribution in [2.45, 2.75) is 62.8 Å². The van der Waals surface area contributed by atoms with Crippen LogP contribution in [0.1, 0.15) is 73.4 Å². The third-order valence-electron chi connectivity index (χ3n) is 7.86. The Morgan fingerprint density at radius 3 is 2.83 bits per heavy atom. The average molecular weight is 390 g/mol. The van der Waals surface area contributed by atoms with Crippen LogP contribution in [0.3, 0.4) is 0 Å². The van der Waals surface area contributed by atoms with Crippen molar-refractivity contribution in [1.29, 1.82) is 0 Å². The Morgan fingerprint density at radius 2 is 2.00 bits per heavy atom. The standard InChI is InChI=1S/C24H31N5/c1-16-7-8-19-21(16)23(28-15-27-19)29-14-24(9-12-25-13-10-24)22-17(4-2-6-20(22)29)18-5-3-11-26-18/h2,4,6,15-16,18,25-26H,3,5,7-14H2,1H3. The number of benzene rings is 1. The van der Waals surface area contributed by atoms with Crippen LogP contribution in [0.4, 0.5) is 11.5 Å². The maximum absolute atomic E-state index is 4.87. The molecule has 2 atom stereocenters. The summed E-state index contributed by atoms with van der Waals surface area (Å²) in [5.74, 6) is 1.72. The number of nitrogens with zero attached hydrogens (tertiary/aromatic N) is 3. The van der Waals surface area contributed by atoms with E-state index in [0.717, 1.165) is 32.6 Å². The number of hydrogen-bond donors (Lipinski definition) is 2. The van der Waals surface area contributed by atoms with Crippen LogP contribution in [-0.4, -0.2) is 36.1 Å². The number of piperidine rings is 1. The molecule has 2 saturated heterocycles. The molecule has 0 saturated carbocycles. The van der Waals surface area contributed by atoms with Crippen molar-refractivity contribution in [3.63, 3.8) is 0 Å². The molecule has 152 valence electrons. The molecule has 5 heteroatoms. The summed E-state index contributed by atoms with van der Waals surface area (Å²) in [6, 6.07) is 7.51. The summed E-state index contributed by atoms with van der Waals surface area (Å²) in [5.41, 5.74) is 7.46. The van der Waals surface area contributed by atoms with E-state index >= 15 is 0 Å². The van der Waals surface area contributed by atoms with Gasteiger partial charge in [-0.2, -0.15) is 0 Å². The molecule has 0 bridgehead atoms. The van der Waals surface area contributed by atoms with Gasteiger partial charge in [0.2, 0.25) is 0 Å². The van der Waals surface area contributed by atoms with Gasteiger partial charge in [0.15, 0.2) is 0 Å². The molecular weight excluding hydrogens is 358 g/mol. The summed E-state index contributed by atoms with van der Waals surface area (Å²) in [7, 11) is 0. The van der Waals surface area contributed by atoms with Crippen LogP contribution in [-0.2, 0) is 11.8 Å². The maximum Gasteiger partial charge on any atom is 0.140 e. The van der Waals surface area contributed by atoms with E-state index in [1.807, 2.05) is 0 Å². The first-order chi connectivity index (χ1) is 14.3. The molecule has 2 unspecified atom stereocenters. The predicted octanol–water partition coefficient (Wildman–Crippen LogP) is 3.72. The number of nitrogens with one attached hydrogen (secondary N) is 2. The third-order valence-corrected chi connectivity index (χ3v) is 7.86. The van der Waals surface area contributed by atoms with Crippen molar-refractivity contribution in [2.24, 2.45) is 0 Å². The van der Waals surface area contributed by atoms with E-state index in [9.17, 15) is 0 Å². The number of anilines is 2. The fraction of sp³-hybridized carbons (Fsp3) is 0.583. The Labute approximate surface area is 173 Å². The highest BCUT2D eigenvalue weighted by atomic mass is 15.2. The van der Waals surface area contributed by atoms with Gasteiger partial charge in [-0.25, -0.2) is 9.97 Å². The zero-order valence-electron chi connectivity index (χ0n) is 17.4. The Morgan fingerprint density at radius 1 is 1.10 bits per heavy atom. The zero-order chi connectivity index (χ0) is 19.4. The summed E-state index contributed by atoms with van der Waals surface area (Å²) in [6.07, 6.45) is 9.04. The van der Waals surface area contributed by atoms with Crippen LogP contribution in [0.5, 0.6) is 0 Å². The lowest BCUT2D eigenvalue weighted by Gasteiger charge is -2.36. The zero-order valence-corrected chi connectivity index (χ0v) is 17.4. The van der Waals surface area contributed by atoms with Gasteiger partial charge in [-0.1, -0.05) is 19.1 Å². The highest BCUT2D eigenvalue weighted by molar-refractivity contribution is 5.75. The first-order valence-electron chi connectivity index (χ1n) is 11.5. The Hall–Kier alpha value is -1.98. The van der Waals surface area contributed by atoms with Crippen molar-refractivity contribution >= 4 is 11.5 Å². The van der Waals surface area contributed by atoms with Crippen molar-refractivity contribution < 1.29 is 0 Å². The van der Waals surface area contributed by atoms with Crippen LogP contribution in [0, 0.1) is 0 Å². The van der Waals surface area contributed by atoms with E-state index in [2.05, 4.69) is 45.6 Å². The molecule has 6 rings (SSSR count). The molecule has 0 amide bonds. The number of fused-ring (bicyclic) bond motifs is 3. The molecule has 3 aliphatic heterocycles. The molecule has 1 aliphatic carbocycles. The number of rotatable bonds is 2. The molecule has 1 aromatic heterocycles. The molecule has 5 nitrogen and oxygen atoms in total. The monoisotopic (exact) mass is 389 g/mol. The summed E-state index contributed by atoms with van der Waals surface area (Å²) < 4.78 is 0. The summed E-state index contributed by atoms with van der Waals surface area (Å²) >= 11 is 0.